The topological polar surface area (TPSA) is 29.1 Å². The summed E-state index contributed by atoms with van der Waals surface area (Å²) in [5.74, 6) is -0.414. The third-order valence-corrected chi connectivity index (χ3v) is 2.94. The summed E-state index contributed by atoms with van der Waals surface area (Å²) in [5.41, 5.74) is 1.64. The minimum absolute atomic E-state index is 0.0735. The number of rotatable bonds is 5. The van der Waals surface area contributed by atoms with Gasteiger partial charge < -0.3 is 5.32 Å². The van der Waals surface area contributed by atoms with Gasteiger partial charge in [0.05, 0.1) is 6.42 Å². The van der Waals surface area contributed by atoms with Crippen molar-refractivity contribution in [2.45, 2.75) is 6.42 Å². The maximum absolute atomic E-state index is 13.0. The summed E-state index contributed by atoms with van der Waals surface area (Å²) in [6.45, 7) is 3.78. The van der Waals surface area contributed by atoms with E-state index in [1.807, 2.05) is 0 Å². The Morgan fingerprint density at radius 3 is 2.55 bits per heavy atom. The number of carbonyl (C=O) groups excluding carboxylic acids is 1. The van der Waals surface area contributed by atoms with Crippen molar-refractivity contribution in [2.75, 3.05) is 5.32 Å². The molecule has 0 heterocycles. The molecule has 2 rings (SSSR count). The van der Waals surface area contributed by atoms with E-state index in [1.165, 1.54) is 12.1 Å². The molecule has 0 saturated carbocycles. The monoisotopic (exact) mass is 289 g/mol. The second-order valence-electron chi connectivity index (χ2n) is 4.35. The Hall–Kier alpha value is -2.13. The number of benzene rings is 2. The summed E-state index contributed by atoms with van der Waals surface area (Å²) in [7, 11) is 0. The predicted octanol–water partition coefficient (Wildman–Crippen LogP) is 4.68. The van der Waals surface area contributed by atoms with Crippen molar-refractivity contribution in [3.8, 4) is 0 Å². The van der Waals surface area contributed by atoms with Gasteiger partial charge in [0.1, 0.15) is 5.82 Å². The van der Waals surface area contributed by atoms with E-state index in [1.54, 1.807) is 36.4 Å². The van der Waals surface area contributed by atoms with Crippen LogP contribution in [0.4, 0.5) is 10.1 Å². The van der Waals surface area contributed by atoms with Crippen LogP contribution in [0, 0.1) is 5.82 Å². The molecule has 0 radical (unpaired) electrons. The van der Waals surface area contributed by atoms with Gasteiger partial charge in [0, 0.05) is 22.0 Å². The van der Waals surface area contributed by atoms with E-state index in [0.29, 0.717) is 22.0 Å². The zero-order valence-electron chi connectivity index (χ0n) is 10.7. The van der Waals surface area contributed by atoms with Crippen molar-refractivity contribution in [3.63, 3.8) is 0 Å². The molecule has 0 saturated heterocycles. The van der Waals surface area contributed by atoms with Crippen LogP contribution in [0.2, 0.25) is 5.02 Å². The Labute approximate surface area is 121 Å². The molecular weight excluding hydrogens is 277 g/mol. The largest absolute Gasteiger partial charge is 0.359 e. The lowest BCUT2D eigenvalue weighted by Crippen LogP contribution is -2.06. The minimum atomic E-state index is -0.341. The third kappa shape index (κ3) is 3.93. The fourth-order valence-corrected chi connectivity index (χ4v) is 1.87. The fourth-order valence-electron chi connectivity index (χ4n) is 1.75. The molecule has 0 amide bonds. The van der Waals surface area contributed by atoms with Gasteiger partial charge in [0.15, 0.2) is 5.78 Å². The summed E-state index contributed by atoms with van der Waals surface area (Å²) < 4.78 is 13.0. The number of anilines is 1. The summed E-state index contributed by atoms with van der Waals surface area (Å²) in [4.78, 5) is 12.0. The van der Waals surface area contributed by atoms with Crippen LogP contribution in [0.15, 0.2) is 60.8 Å². The molecule has 0 aliphatic carbocycles. The Morgan fingerprint density at radius 2 is 1.90 bits per heavy atom. The molecule has 0 atom stereocenters. The third-order valence-electron chi connectivity index (χ3n) is 2.69. The van der Waals surface area contributed by atoms with Crippen molar-refractivity contribution < 1.29 is 9.18 Å². The quantitative estimate of drug-likeness (QED) is 0.810. The highest BCUT2D eigenvalue weighted by Crippen LogP contribution is 2.16. The lowest BCUT2D eigenvalue weighted by Gasteiger charge is -2.09. The second kappa shape index (κ2) is 6.35. The molecule has 4 heteroatoms. The zero-order valence-corrected chi connectivity index (χ0v) is 11.5. The molecule has 20 heavy (non-hydrogen) atoms. The smallest absolute Gasteiger partial charge is 0.168 e. The maximum atomic E-state index is 13.0. The van der Waals surface area contributed by atoms with E-state index in [2.05, 4.69) is 11.9 Å². The lowest BCUT2D eigenvalue weighted by molar-refractivity contribution is 0.0993. The molecule has 0 aromatic heterocycles. The summed E-state index contributed by atoms with van der Waals surface area (Å²) in [6.07, 6.45) is 0.137. The first-order valence-corrected chi connectivity index (χ1v) is 6.41. The highest BCUT2D eigenvalue weighted by Gasteiger charge is 2.08. The summed E-state index contributed by atoms with van der Waals surface area (Å²) in [6, 6.07) is 12.7. The fraction of sp³-hybridized carbons (Fsp3) is 0.0625. The molecular formula is C16H13ClFNO. The Morgan fingerprint density at radius 1 is 1.20 bits per heavy atom. The van der Waals surface area contributed by atoms with Gasteiger partial charge in [-0.25, -0.2) is 4.39 Å². The van der Waals surface area contributed by atoms with Crippen molar-refractivity contribution in [1.82, 2.24) is 0 Å². The summed E-state index contributed by atoms with van der Waals surface area (Å²) >= 11 is 5.77. The number of ketones is 1. The molecule has 1 N–H and O–H groups in total. The number of halogens is 2. The van der Waals surface area contributed by atoms with E-state index in [4.69, 9.17) is 11.6 Å². The van der Waals surface area contributed by atoms with E-state index in [0.717, 1.165) is 0 Å². The molecule has 0 unspecified atom stereocenters. The van der Waals surface area contributed by atoms with Crippen molar-refractivity contribution in [2.24, 2.45) is 0 Å². The highest BCUT2D eigenvalue weighted by atomic mass is 35.5. The molecule has 2 aromatic rings. The van der Waals surface area contributed by atoms with E-state index in [9.17, 15) is 9.18 Å². The highest BCUT2D eigenvalue weighted by molar-refractivity contribution is 6.30. The van der Waals surface area contributed by atoms with Crippen molar-refractivity contribution in [1.29, 1.82) is 0 Å². The molecule has 0 fully saturated rings. The van der Waals surface area contributed by atoms with Gasteiger partial charge in [-0.3, -0.25) is 4.79 Å². The van der Waals surface area contributed by atoms with Crippen LogP contribution in [0.5, 0.6) is 0 Å². The Kier molecular flexibility index (Phi) is 4.53. The van der Waals surface area contributed by atoms with Crippen LogP contribution in [-0.2, 0) is 0 Å². The number of nitrogens with one attached hydrogen (secondary N) is 1. The van der Waals surface area contributed by atoms with Crippen LogP contribution >= 0.6 is 11.6 Å². The molecule has 2 nitrogen and oxygen atoms in total. The Balaban J connectivity index is 1.97. The van der Waals surface area contributed by atoms with Gasteiger partial charge in [-0.1, -0.05) is 24.2 Å². The normalized spacial score (nSPS) is 10.1. The molecule has 0 aliphatic heterocycles. The van der Waals surface area contributed by atoms with Gasteiger partial charge >= 0.3 is 0 Å². The van der Waals surface area contributed by atoms with Crippen molar-refractivity contribution >= 4 is 23.1 Å². The van der Waals surface area contributed by atoms with Crippen LogP contribution in [-0.4, -0.2) is 5.78 Å². The lowest BCUT2D eigenvalue weighted by atomic mass is 10.1. The number of carbonyl (C=O) groups is 1. The predicted molar refractivity (Wildman–Crippen MR) is 79.6 cm³/mol. The van der Waals surface area contributed by atoms with Gasteiger partial charge in [-0.15, -0.1) is 0 Å². The standard InChI is InChI=1S/C16H13ClFNO/c1-11(19-15-4-2-3-14(18)10-15)9-16(20)12-5-7-13(17)8-6-12/h2-8,10,19H,1,9H2. The second-order valence-corrected chi connectivity index (χ2v) is 4.78. The van der Waals surface area contributed by atoms with Gasteiger partial charge in [0.25, 0.3) is 0 Å². The molecule has 0 spiro atoms. The molecule has 102 valence electrons. The zero-order chi connectivity index (χ0) is 14.5. The van der Waals surface area contributed by atoms with Crippen LogP contribution in [0.1, 0.15) is 16.8 Å². The van der Waals surface area contributed by atoms with Gasteiger partial charge in [-0.2, -0.15) is 0 Å². The first kappa shape index (κ1) is 14.3. The maximum Gasteiger partial charge on any atom is 0.168 e. The molecule has 2 aromatic carbocycles. The first-order valence-electron chi connectivity index (χ1n) is 6.04. The molecule has 0 bridgehead atoms. The van der Waals surface area contributed by atoms with Gasteiger partial charge in [-0.05, 0) is 42.5 Å². The van der Waals surface area contributed by atoms with Crippen LogP contribution < -0.4 is 5.32 Å². The van der Waals surface area contributed by atoms with E-state index in [-0.39, 0.29) is 18.0 Å². The summed E-state index contributed by atoms with van der Waals surface area (Å²) in [5, 5.41) is 3.50. The van der Waals surface area contributed by atoms with E-state index >= 15 is 0 Å². The average molecular weight is 290 g/mol. The van der Waals surface area contributed by atoms with Crippen LogP contribution in [0.25, 0.3) is 0 Å². The number of hydrogen-bond acceptors (Lipinski definition) is 2. The average Bonchev–Trinajstić information content (AvgIpc) is 2.39. The van der Waals surface area contributed by atoms with Gasteiger partial charge in [0.2, 0.25) is 0 Å². The molecule has 0 aliphatic rings. The Bertz CT molecular complexity index is 637. The number of hydrogen-bond donors (Lipinski definition) is 1. The van der Waals surface area contributed by atoms with Crippen LogP contribution in [0.3, 0.4) is 0 Å². The minimum Gasteiger partial charge on any atom is -0.359 e. The van der Waals surface area contributed by atoms with Crippen molar-refractivity contribution in [3.05, 3.63) is 77.2 Å². The first-order chi connectivity index (χ1) is 9.54. The number of allylic oxidation sites excluding steroid dienone is 1. The number of Topliss-reactive ketones (excluding diaryl/α,β-unsaturated/α-hetero) is 1. The SMILES string of the molecule is C=C(CC(=O)c1ccc(Cl)cc1)Nc1cccc(F)c1. The van der Waals surface area contributed by atoms with E-state index < -0.39 is 0 Å².